The molecule has 1 aromatic heterocycles. The summed E-state index contributed by atoms with van der Waals surface area (Å²) in [7, 11) is 0. The highest BCUT2D eigenvalue weighted by Crippen LogP contribution is 2.37. The summed E-state index contributed by atoms with van der Waals surface area (Å²) < 4.78 is 5.13. The molecule has 3 rings (SSSR count). The molecule has 8 nitrogen and oxygen atoms in total. The molecule has 2 amide bonds. The molecule has 2 N–H and O–H groups in total. The Morgan fingerprint density at radius 2 is 2.15 bits per heavy atom. The zero-order chi connectivity index (χ0) is 18.7. The molecule has 2 atom stereocenters. The molecule has 0 aromatic carbocycles. The quantitative estimate of drug-likeness (QED) is 0.776. The van der Waals surface area contributed by atoms with Crippen LogP contribution in [0.1, 0.15) is 49.1 Å². The second kappa shape index (κ2) is 8.03. The maximum Gasteiger partial charge on any atom is 0.323 e. The van der Waals surface area contributed by atoms with E-state index in [-0.39, 0.29) is 24.5 Å². The summed E-state index contributed by atoms with van der Waals surface area (Å²) in [5, 5.41) is 12.4. The van der Waals surface area contributed by atoms with Crippen LogP contribution in [0.4, 0.5) is 9.93 Å². The number of amides is 2. The fourth-order valence-corrected chi connectivity index (χ4v) is 4.53. The molecule has 2 aliphatic rings. The van der Waals surface area contributed by atoms with Gasteiger partial charge in [0.2, 0.25) is 0 Å². The summed E-state index contributed by atoms with van der Waals surface area (Å²) in [6, 6.07) is -0.338. The van der Waals surface area contributed by atoms with Gasteiger partial charge in [0.25, 0.3) is 0 Å². The molecule has 0 spiro atoms. The maximum atomic E-state index is 12.5. The van der Waals surface area contributed by atoms with Crippen LogP contribution in [0.3, 0.4) is 0 Å². The Morgan fingerprint density at radius 1 is 1.35 bits per heavy atom. The van der Waals surface area contributed by atoms with Crippen molar-refractivity contribution >= 4 is 34.4 Å². The third kappa shape index (κ3) is 3.98. The molecule has 142 valence electrons. The van der Waals surface area contributed by atoms with Gasteiger partial charge in [-0.05, 0) is 39.0 Å². The molecule has 1 aliphatic carbocycles. The van der Waals surface area contributed by atoms with Crippen molar-refractivity contribution in [2.24, 2.45) is 5.92 Å². The molecule has 0 radical (unpaired) electrons. The van der Waals surface area contributed by atoms with Crippen LogP contribution in [0.2, 0.25) is 0 Å². The van der Waals surface area contributed by atoms with Gasteiger partial charge >= 0.3 is 18.0 Å². The van der Waals surface area contributed by atoms with Gasteiger partial charge in [0.1, 0.15) is 5.92 Å². The van der Waals surface area contributed by atoms with E-state index in [9.17, 15) is 14.4 Å². The lowest BCUT2D eigenvalue weighted by Crippen LogP contribution is -2.44. The Morgan fingerprint density at radius 3 is 2.88 bits per heavy atom. The van der Waals surface area contributed by atoms with E-state index in [1.807, 2.05) is 0 Å². The van der Waals surface area contributed by atoms with Crippen molar-refractivity contribution in [3.63, 3.8) is 0 Å². The first-order valence-electron chi connectivity index (χ1n) is 8.94. The number of aryl methyl sites for hydroxylation is 1. The number of nitrogens with one attached hydrogen (secondary N) is 1. The van der Waals surface area contributed by atoms with E-state index < -0.39 is 11.9 Å². The average molecular weight is 381 g/mol. The summed E-state index contributed by atoms with van der Waals surface area (Å²) in [6.45, 7) is 2.85. The summed E-state index contributed by atoms with van der Waals surface area (Å²) >= 11 is 1.38. The van der Waals surface area contributed by atoms with Crippen LogP contribution in [-0.4, -0.2) is 52.7 Å². The van der Waals surface area contributed by atoms with Crippen LogP contribution < -0.4 is 5.32 Å². The minimum Gasteiger partial charge on any atom is -0.481 e. The Hall–Kier alpha value is -2.16. The van der Waals surface area contributed by atoms with Crippen LogP contribution in [0.5, 0.6) is 0 Å². The smallest absolute Gasteiger partial charge is 0.323 e. The van der Waals surface area contributed by atoms with Crippen molar-refractivity contribution in [1.82, 2.24) is 9.88 Å². The van der Waals surface area contributed by atoms with E-state index in [1.165, 1.54) is 16.2 Å². The summed E-state index contributed by atoms with van der Waals surface area (Å²) in [5.74, 6) is -2.03. The highest BCUT2D eigenvalue weighted by molar-refractivity contribution is 7.15. The molecule has 1 aliphatic heterocycles. The van der Waals surface area contributed by atoms with E-state index >= 15 is 0 Å². The number of hydrogen-bond donors (Lipinski definition) is 2. The molecule has 0 bridgehead atoms. The highest BCUT2D eigenvalue weighted by Gasteiger charge is 2.32. The number of urea groups is 1. The van der Waals surface area contributed by atoms with Gasteiger partial charge < -0.3 is 14.7 Å². The summed E-state index contributed by atoms with van der Waals surface area (Å²) in [4.78, 5) is 42.7. The van der Waals surface area contributed by atoms with E-state index in [0.29, 0.717) is 43.2 Å². The van der Waals surface area contributed by atoms with Gasteiger partial charge in [-0.2, -0.15) is 0 Å². The van der Waals surface area contributed by atoms with Gasteiger partial charge in [0.15, 0.2) is 5.13 Å². The second-order valence-electron chi connectivity index (χ2n) is 6.58. The molecule has 1 aromatic rings. The predicted octanol–water partition coefficient (Wildman–Crippen LogP) is 2.45. The van der Waals surface area contributed by atoms with E-state index in [2.05, 4.69) is 10.3 Å². The molecule has 1 fully saturated rings. The maximum absolute atomic E-state index is 12.5. The summed E-state index contributed by atoms with van der Waals surface area (Å²) in [6.07, 6.45) is 3.69. The van der Waals surface area contributed by atoms with Gasteiger partial charge in [0.05, 0.1) is 18.2 Å². The van der Waals surface area contributed by atoms with E-state index in [1.54, 1.807) is 6.92 Å². The minimum absolute atomic E-state index is 0.206. The lowest BCUT2D eigenvalue weighted by atomic mass is 9.91. The van der Waals surface area contributed by atoms with E-state index in [0.717, 1.165) is 17.7 Å². The van der Waals surface area contributed by atoms with Gasteiger partial charge in [-0.3, -0.25) is 14.9 Å². The molecule has 2 heterocycles. The van der Waals surface area contributed by atoms with Crippen LogP contribution in [0.25, 0.3) is 0 Å². The van der Waals surface area contributed by atoms with Gasteiger partial charge in [0, 0.05) is 18.0 Å². The number of esters is 1. The van der Waals surface area contributed by atoms with Gasteiger partial charge in [-0.15, -0.1) is 11.3 Å². The van der Waals surface area contributed by atoms with Gasteiger partial charge in [-0.1, -0.05) is 0 Å². The number of carboxylic acids is 1. The number of carboxylic acid groups (broad SMARTS) is 1. The number of aliphatic carboxylic acids is 1. The number of piperidine rings is 1. The first-order valence-corrected chi connectivity index (χ1v) is 9.76. The molecule has 1 saturated heterocycles. The first-order chi connectivity index (χ1) is 12.5. The van der Waals surface area contributed by atoms with Crippen LogP contribution >= 0.6 is 11.3 Å². The number of aromatic nitrogens is 1. The molecule has 9 heteroatoms. The normalized spacial score (nSPS) is 22.4. The van der Waals surface area contributed by atoms with Gasteiger partial charge in [-0.25, -0.2) is 9.78 Å². The van der Waals surface area contributed by atoms with Crippen molar-refractivity contribution in [2.75, 3.05) is 25.0 Å². The van der Waals surface area contributed by atoms with Crippen LogP contribution in [0.15, 0.2) is 0 Å². The number of anilines is 1. The number of hydrogen-bond acceptors (Lipinski definition) is 6. The lowest BCUT2D eigenvalue weighted by molar-refractivity contribution is -0.145. The SMILES string of the molecule is CCOC(=O)C1CCCc2sc(NC(=O)N3CCCC(C(=O)O)C3)nc21. The van der Waals surface area contributed by atoms with Crippen molar-refractivity contribution in [1.29, 1.82) is 0 Å². The molecule has 26 heavy (non-hydrogen) atoms. The Balaban J connectivity index is 1.68. The van der Waals surface area contributed by atoms with Crippen molar-refractivity contribution < 1.29 is 24.2 Å². The Bertz CT molecular complexity index is 705. The van der Waals surface area contributed by atoms with Crippen LogP contribution in [0, 0.1) is 5.92 Å². The number of fused-ring (bicyclic) bond motifs is 1. The van der Waals surface area contributed by atoms with Crippen molar-refractivity contribution in [2.45, 2.75) is 44.9 Å². The summed E-state index contributed by atoms with van der Waals surface area (Å²) in [5.41, 5.74) is 0.706. The molecule has 0 saturated carbocycles. The Labute approximate surface area is 155 Å². The third-order valence-electron chi connectivity index (χ3n) is 4.80. The molecular formula is C17H23N3O5S. The molecular weight excluding hydrogens is 358 g/mol. The number of ether oxygens (including phenoxy) is 1. The van der Waals surface area contributed by atoms with Crippen LogP contribution in [-0.2, 0) is 20.7 Å². The number of thiazole rings is 1. The number of nitrogens with zero attached hydrogens (tertiary/aromatic N) is 2. The first kappa shape index (κ1) is 18.6. The number of rotatable bonds is 4. The standard InChI is InChI=1S/C17H23N3O5S/c1-2-25-15(23)11-6-3-7-12-13(11)18-16(26-12)19-17(24)20-8-4-5-10(9-20)14(21)22/h10-11H,2-9H2,1H3,(H,21,22)(H,18,19,24). The number of likely N-dealkylation sites (tertiary alicyclic amines) is 1. The number of carbonyl (C=O) groups excluding carboxylic acids is 2. The fraction of sp³-hybridized carbons (Fsp3) is 0.647. The second-order valence-corrected chi connectivity index (χ2v) is 7.66. The third-order valence-corrected chi connectivity index (χ3v) is 5.84. The highest BCUT2D eigenvalue weighted by atomic mass is 32.1. The largest absolute Gasteiger partial charge is 0.481 e. The minimum atomic E-state index is -0.871. The number of carbonyl (C=O) groups is 3. The monoisotopic (exact) mass is 381 g/mol. The van der Waals surface area contributed by atoms with E-state index in [4.69, 9.17) is 9.84 Å². The van der Waals surface area contributed by atoms with Crippen molar-refractivity contribution in [3.8, 4) is 0 Å². The molecule has 2 unspecified atom stereocenters. The predicted molar refractivity (Wildman–Crippen MR) is 95.4 cm³/mol. The Kier molecular flexibility index (Phi) is 5.75. The lowest BCUT2D eigenvalue weighted by Gasteiger charge is -2.30. The average Bonchev–Trinajstić information content (AvgIpc) is 3.04. The van der Waals surface area contributed by atoms with Crippen molar-refractivity contribution in [3.05, 3.63) is 10.6 Å². The zero-order valence-electron chi connectivity index (χ0n) is 14.7. The topological polar surface area (TPSA) is 109 Å². The zero-order valence-corrected chi connectivity index (χ0v) is 15.5. The fourth-order valence-electron chi connectivity index (χ4n) is 3.48.